The average Bonchev–Trinajstić information content (AvgIpc) is 2.32. The maximum absolute atomic E-state index is 12.0. The summed E-state index contributed by atoms with van der Waals surface area (Å²) in [5.74, 6) is 0.746. The van der Waals surface area contributed by atoms with Gasteiger partial charge in [-0.2, -0.15) is 0 Å². The lowest BCUT2D eigenvalue weighted by molar-refractivity contribution is -0.124. The molecule has 0 amide bonds. The average molecular weight is 181 g/mol. The molecule has 0 aromatic heterocycles. The number of hydrogen-bond acceptors (Lipinski definition) is 2. The van der Waals surface area contributed by atoms with Crippen LogP contribution < -0.4 is 5.32 Å². The Hall–Kier alpha value is -0.370. The quantitative estimate of drug-likeness (QED) is 0.665. The molecule has 0 radical (unpaired) electrons. The van der Waals surface area contributed by atoms with Crippen LogP contribution in [0, 0.1) is 16.7 Å². The summed E-state index contributed by atoms with van der Waals surface area (Å²) in [6, 6.07) is 0.0984. The second kappa shape index (κ2) is 2.35. The molecule has 13 heavy (non-hydrogen) atoms. The van der Waals surface area contributed by atoms with E-state index in [1.807, 2.05) is 7.05 Å². The summed E-state index contributed by atoms with van der Waals surface area (Å²) in [4.78, 5) is 12.0. The van der Waals surface area contributed by atoms with Crippen molar-refractivity contribution in [2.75, 3.05) is 7.05 Å². The maximum Gasteiger partial charge on any atom is 0.153 e. The zero-order valence-corrected chi connectivity index (χ0v) is 8.98. The molecule has 3 atom stereocenters. The molecule has 2 nitrogen and oxygen atoms in total. The van der Waals surface area contributed by atoms with Crippen LogP contribution in [0.3, 0.4) is 0 Å². The predicted octanol–water partition coefficient (Wildman–Crippen LogP) is 1.60. The zero-order chi connectivity index (χ0) is 9.85. The summed E-state index contributed by atoms with van der Waals surface area (Å²) in [6.45, 7) is 6.76. The number of hydrogen-bond donors (Lipinski definition) is 1. The normalized spacial score (nSPS) is 47.2. The second-order valence-corrected chi connectivity index (χ2v) is 5.35. The summed E-state index contributed by atoms with van der Waals surface area (Å²) >= 11 is 0. The molecule has 0 aromatic carbocycles. The molecule has 0 heterocycles. The van der Waals surface area contributed by atoms with Gasteiger partial charge in [0.2, 0.25) is 0 Å². The van der Waals surface area contributed by atoms with E-state index in [2.05, 4.69) is 26.1 Å². The van der Waals surface area contributed by atoms with E-state index in [0.717, 1.165) is 6.42 Å². The Morgan fingerprint density at radius 1 is 1.38 bits per heavy atom. The molecule has 2 fully saturated rings. The molecular weight excluding hydrogens is 162 g/mol. The third-order valence-electron chi connectivity index (χ3n) is 4.85. The van der Waals surface area contributed by atoms with Crippen LogP contribution in [0.25, 0.3) is 0 Å². The zero-order valence-electron chi connectivity index (χ0n) is 8.98. The molecule has 1 N–H and O–H groups in total. The minimum Gasteiger partial charge on any atom is -0.310 e. The number of carbonyl (C=O) groups excluding carboxylic acids is 1. The van der Waals surface area contributed by atoms with Gasteiger partial charge < -0.3 is 5.32 Å². The van der Waals surface area contributed by atoms with Gasteiger partial charge in [-0.3, -0.25) is 4.79 Å². The third kappa shape index (κ3) is 0.804. The number of Topliss-reactive ketones (excluding diaryl/α,β-unsaturated/α-hetero) is 1. The summed E-state index contributed by atoms with van der Waals surface area (Å²) in [7, 11) is 1.91. The van der Waals surface area contributed by atoms with Crippen molar-refractivity contribution in [3.63, 3.8) is 0 Å². The highest BCUT2D eigenvalue weighted by atomic mass is 16.1. The van der Waals surface area contributed by atoms with Gasteiger partial charge in [0.25, 0.3) is 0 Å². The molecule has 0 unspecified atom stereocenters. The number of rotatable bonds is 1. The topological polar surface area (TPSA) is 29.1 Å². The lowest BCUT2D eigenvalue weighted by Gasteiger charge is -2.37. The molecular formula is C11H19NO. The maximum atomic E-state index is 12.0. The first kappa shape index (κ1) is 9.20. The van der Waals surface area contributed by atoms with Crippen molar-refractivity contribution in [3.8, 4) is 0 Å². The largest absolute Gasteiger partial charge is 0.310 e. The fourth-order valence-electron chi connectivity index (χ4n) is 3.52. The molecule has 2 bridgehead atoms. The van der Waals surface area contributed by atoms with Crippen LogP contribution in [0.1, 0.15) is 33.6 Å². The molecule has 2 aliphatic rings. The van der Waals surface area contributed by atoms with Gasteiger partial charge in [0.1, 0.15) is 0 Å². The number of carbonyl (C=O) groups is 1. The van der Waals surface area contributed by atoms with Gasteiger partial charge in [-0.25, -0.2) is 0 Å². The first-order valence-electron chi connectivity index (χ1n) is 5.16. The van der Waals surface area contributed by atoms with Gasteiger partial charge in [0.15, 0.2) is 5.78 Å². The van der Waals surface area contributed by atoms with Crippen LogP contribution in [-0.4, -0.2) is 18.9 Å². The van der Waals surface area contributed by atoms with Crippen molar-refractivity contribution in [1.29, 1.82) is 0 Å². The van der Waals surface area contributed by atoms with Gasteiger partial charge in [-0.05, 0) is 30.7 Å². The van der Waals surface area contributed by atoms with Gasteiger partial charge >= 0.3 is 0 Å². The molecule has 0 aliphatic heterocycles. The van der Waals surface area contributed by atoms with Crippen LogP contribution in [0.4, 0.5) is 0 Å². The highest BCUT2D eigenvalue weighted by Crippen LogP contribution is 2.63. The van der Waals surface area contributed by atoms with E-state index in [9.17, 15) is 4.79 Å². The van der Waals surface area contributed by atoms with Gasteiger partial charge in [0.05, 0.1) is 6.04 Å². The summed E-state index contributed by atoms with van der Waals surface area (Å²) in [6.07, 6.45) is 2.29. The van der Waals surface area contributed by atoms with Crippen LogP contribution in [0.5, 0.6) is 0 Å². The van der Waals surface area contributed by atoms with E-state index in [1.54, 1.807) is 0 Å². The Morgan fingerprint density at radius 2 is 2.00 bits per heavy atom. The Morgan fingerprint density at radius 3 is 2.31 bits per heavy atom. The van der Waals surface area contributed by atoms with Crippen molar-refractivity contribution >= 4 is 5.78 Å². The van der Waals surface area contributed by atoms with Crippen LogP contribution in [0.15, 0.2) is 0 Å². The fourth-order valence-corrected chi connectivity index (χ4v) is 3.52. The molecule has 0 spiro atoms. The summed E-state index contributed by atoms with van der Waals surface area (Å²) in [5, 5.41) is 3.19. The van der Waals surface area contributed by atoms with E-state index in [4.69, 9.17) is 0 Å². The van der Waals surface area contributed by atoms with Crippen LogP contribution in [-0.2, 0) is 4.79 Å². The lowest BCUT2D eigenvalue weighted by atomic mass is 9.69. The van der Waals surface area contributed by atoms with E-state index < -0.39 is 0 Å². The van der Waals surface area contributed by atoms with Crippen molar-refractivity contribution < 1.29 is 4.79 Å². The summed E-state index contributed by atoms with van der Waals surface area (Å²) < 4.78 is 0. The molecule has 74 valence electrons. The SMILES string of the molecule is CN[C@H]1C(=O)[C@H]2CC[C@]1(C)C2(C)C. The van der Waals surface area contributed by atoms with Crippen molar-refractivity contribution in [2.24, 2.45) is 16.7 Å². The van der Waals surface area contributed by atoms with E-state index in [-0.39, 0.29) is 16.9 Å². The molecule has 2 heteroatoms. The number of likely N-dealkylation sites (N-methyl/N-ethyl adjacent to an activating group) is 1. The standard InChI is InChI=1S/C11H19NO/c1-10(2)7-5-6-11(10,3)9(12-4)8(7)13/h7,9,12H,5-6H2,1-4H3/t7-,9+,11+/m1/s1. The Bertz CT molecular complexity index is 259. The van der Waals surface area contributed by atoms with E-state index >= 15 is 0 Å². The third-order valence-corrected chi connectivity index (χ3v) is 4.85. The van der Waals surface area contributed by atoms with Gasteiger partial charge in [-0.1, -0.05) is 20.8 Å². The van der Waals surface area contributed by atoms with Crippen molar-refractivity contribution in [3.05, 3.63) is 0 Å². The highest BCUT2D eigenvalue weighted by molar-refractivity contribution is 5.92. The van der Waals surface area contributed by atoms with Crippen molar-refractivity contribution in [1.82, 2.24) is 5.32 Å². The number of fused-ring (bicyclic) bond motifs is 2. The molecule has 2 saturated carbocycles. The van der Waals surface area contributed by atoms with E-state index in [1.165, 1.54) is 6.42 Å². The van der Waals surface area contributed by atoms with E-state index in [0.29, 0.717) is 11.7 Å². The molecule has 0 aromatic rings. The highest BCUT2D eigenvalue weighted by Gasteiger charge is 2.65. The predicted molar refractivity (Wildman–Crippen MR) is 52.5 cm³/mol. The number of nitrogens with one attached hydrogen (secondary N) is 1. The fraction of sp³-hybridized carbons (Fsp3) is 0.909. The smallest absolute Gasteiger partial charge is 0.153 e. The number of ketones is 1. The minimum absolute atomic E-state index is 0.0984. The monoisotopic (exact) mass is 181 g/mol. The van der Waals surface area contributed by atoms with Crippen LogP contribution >= 0.6 is 0 Å². The second-order valence-electron chi connectivity index (χ2n) is 5.35. The van der Waals surface area contributed by atoms with Gasteiger partial charge in [-0.15, -0.1) is 0 Å². The first-order valence-corrected chi connectivity index (χ1v) is 5.16. The first-order chi connectivity index (χ1) is 5.95. The molecule has 2 aliphatic carbocycles. The van der Waals surface area contributed by atoms with Crippen LogP contribution in [0.2, 0.25) is 0 Å². The Kier molecular flexibility index (Phi) is 1.66. The Labute approximate surface area is 80.1 Å². The molecule has 2 rings (SSSR count). The van der Waals surface area contributed by atoms with Gasteiger partial charge in [0, 0.05) is 5.92 Å². The lowest BCUT2D eigenvalue weighted by Crippen LogP contribution is -2.46. The minimum atomic E-state index is 0.0984. The van der Waals surface area contributed by atoms with Crippen molar-refractivity contribution in [2.45, 2.75) is 39.7 Å². The molecule has 0 saturated heterocycles. The Balaban J connectivity index is 2.46. The summed E-state index contributed by atoms with van der Waals surface area (Å²) in [5.41, 5.74) is 0.376.